The minimum absolute atomic E-state index is 0.0287. The minimum atomic E-state index is -0.340. The summed E-state index contributed by atoms with van der Waals surface area (Å²) in [5.74, 6) is -0.144. The Labute approximate surface area is 186 Å². The molecular weight excluding hydrogens is 409 g/mol. The molecule has 0 unspecified atom stereocenters. The number of nitrogens with zero attached hydrogens (tertiary/aromatic N) is 2. The van der Waals surface area contributed by atoms with Crippen LogP contribution in [0.3, 0.4) is 0 Å². The van der Waals surface area contributed by atoms with Gasteiger partial charge in [-0.3, -0.25) is 14.5 Å². The largest absolute Gasteiger partial charge is 0.508 e. The number of hydrogen-bond acceptors (Lipinski definition) is 5. The Balaban J connectivity index is 1.21. The number of Topliss-reactive ketones (excluding diaryl/α,β-unsaturated/α-hetero) is 1. The smallest absolute Gasteiger partial charge is 0.227 e. The van der Waals surface area contributed by atoms with Crippen LogP contribution in [-0.2, 0) is 17.6 Å². The van der Waals surface area contributed by atoms with Crippen molar-refractivity contribution >= 4 is 23.1 Å². The lowest BCUT2D eigenvalue weighted by Crippen LogP contribution is -2.39. The van der Waals surface area contributed by atoms with Gasteiger partial charge in [-0.1, -0.05) is 0 Å². The van der Waals surface area contributed by atoms with Crippen molar-refractivity contribution in [1.29, 1.82) is 5.41 Å². The molecule has 1 saturated heterocycles. The van der Waals surface area contributed by atoms with Crippen molar-refractivity contribution in [3.8, 4) is 0 Å². The Morgan fingerprint density at radius 1 is 1.06 bits per heavy atom. The number of aliphatic hydroxyl groups is 1. The summed E-state index contributed by atoms with van der Waals surface area (Å²) in [7, 11) is 0. The predicted octanol–water partition coefficient (Wildman–Crippen LogP) is 3.90. The molecule has 3 heterocycles. The van der Waals surface area contributed by atoms with Crippen molar-refractivity contribution in [2.75, 3.05) is 31.1 Å². The van der Waals surface area contributed by atoms with Gasteiger partial charge in [-0.05, 0) is 68.5 Å². The van der Waals surface area contributed by atoms with E-state index < -0.39 is 0 Å². The molecule has 0 atom stereocenters. The summed E-state index contributed by atoms with van der Waals surface area (Å²) in [6.45, 7) is 2.50. The Kier molecular flexibility index (Phi) is 5.45. The summed E-state index contributed by atoms with van der Waals surface area (Å²) >= 11 is 0. The van der Waals surface area contributed by atoms with Crippen molar-refractivity contribution in [2.45, 2.75) is 44.9 Å². The third-order valence-corrected chi connectivity index (χ3v) is 7.28. The van der Waals surface area contributed by atoms with Crippen LogP contribution >= 0.6 is 0 Å². The van der Waals surface area contributed by atoms with Gasteiger partial charge in [0, 0.05) is 48.2 Å². The van der Waals surface area contributed by atoms with E-state index in [2.05, 4.69) is 4.90 Å². The van der Waals surface area contributed by atoms with Crippen LogP contribution in [0.25, 0.3) is 0 Å². The summed E-state index contributed by atoms with van der Waals surface area (Å²) in [6, 6.07) is 3.94. The molecule has 2 N–H and O–H groups in total. The van der Waals surface area contributed by atoms with Gasteiger partial charge in [0.25, 0.3) is 0 Å². The molecule has 1 aromatic rings. The summed E-state index contributed by atoms with van der Waals surface area (Å²) in [5.41, 5.74) is 4.95. The van der Waals surface area contributed by atoms with Crippen LogP contribution in [0.1, 0.15) is 53.6 Å². The Hall–Kier alpha value is -2.80. The predicted molar refractivity (Wildman–Crippen MR) is 120 cm³/mol. The quantitative estimate of drug-likeness (QED) is 0.541. The van der Waals surface area contributed by atoms with E-state index in [1.165, 1.54) is 0 Å². The molecule has 1 fully saturated rings. The number of rotatable bonds is 5. The number of allylic oxidation sites excluding steroid dienone is 3. The minimum Gasteiger partial charge on any atom is -0.508 e. The Bertz CT molecular complexity index is 1070. The molecule has 5 rings (SSSR count). The summed E-state index contributed by atoms with van der Waals surface area (Å²) in [4.78, 5) is 29.1. The van der Waals surface area contributed by atoms with Crippen molar-refractivity contribution in [3.05, 3.63) is 52.1 Å². The van der Waals surface area contributed by atoms with E-state index in [0.717, 1.165) is 60.8 Å². The number of piperidine rings is 1. The topological polar surface area (TPSA) is 84.7 Å². The van der Waals surface area contributed by atoms with Gasteiger partial charge in [0.15, 0.2) is 5.78 Å². The molecule has 1 aromatic carbocycles. The van der Waals surface area contributed by atoms with Crippen LogP contribution in [0.4, 0.5) is 10.1 Å². The van der Waals surface area contributed by atoms with Gasteiger partial charge in [-0.2, -0.15) is 0 Å². The lowest BCUT2D eigenvalue weighted by atomic mass is 9.84. The molecule has 0 aromatic heterocycles. The highest BCUT2D eigenvalue weighted by Gasteiger charge is 2.33. The molecule has 1 aliphatic carbocycles. The van der Waals surface area contributed by atoms with Gasteiger partial charge in [-0.15, -0.1) is 0 Å². The van der Waals surface area contributed by atoms with E-state index in [1.54, 1.807) is 0 Å². The van der Waals surface area contributed by atoms with Crippen LogP contribution < -0.4 is 4.90 Å². The highest BCUT2D eigenvalue weighted by molar-refractivity contribution is 6.03. The van der Waals surface area contributed by atoms with E-state index in [-0.39, 0.29) is 35.6 Å². The van der Waals surface area contributed by atoms with Crippen molar-refractivity contribution in [1.82, 2.24) is 4.90 Å². The first-order valence-electron chi connectivity index (χ1n) is 11.5. The first kappa shape index (κ1) is 21.1. The average Bonchev–Trinajstić information content (AvgIpc) is 3.22. The van der Waals surface area contributed by atoms with Gasteiger partial charge < -0.3 is 15.4 Å². The van der Waals surface area contributed by atoms with E-state index in [9.17, 15) is 19.1 Å². The van der Waals surface area contributed by atoms with Gasteiger partial charge in [0.2, 0.25) is 5.91 Å². The number of amides is 1. The SMILES string of the molecule is N=C(C1=C(O)C=C(F)CC1)C1CCN(CC(=O)c2cc3c4c(c2)CCN4C(=O)CC3)CC1. The van der Waals surface area contributed by atoms with Crippen LogP contribution in [0.15, 0.2) is 35.4 Å². The van der Waals surface area contributed by atoms with Crippen molar-refractivity contribution in [3.63, 3.8) is 0 Å². The number of anilines is 1. The van der Waals surface area contributed by atoms with Gasteiger partial charge in [-0.25, -0.2) is 4.39 Å². The number of aryl methyl sites for hydroxylation is 1. The third kappa shape index (κ3) is 3.79. The number of halogens is 1. The van der Waals surface area contributed by atoms with Crippen LogP contribution in [-0.4, -0.2) is 53.6 Å². The number of likely N-dealkylation sites (tertiary alicyclic amines) is 1. The van der Waals surface area contributed by atoms with Crippen molar-refractivity contribution < 1.29 is 19.1 Å². The number of benzene rings is 1. The summed E-state index contributed by atoms with van der Waals surface area (Å²) < 4.78 is 13.3. The highest BCUT2D eigenvalue weighted by Crippen LogP contribution is 2.37. The van der Waals surface area contributed by atoms with E-state index in [1.807, 2.05) is 17.0 Å². The second-order valence-corrected chi connectivity index (χ2v) is 9.28. The standard InChI is InChI=1S/C25H28FN3O3/c26-19-2-3-20(21(30)13-19)24(27)15-5-8-28(9-6-15)14-22(31)18-11-16-1-4-23(32)29-10-7-17(12-18)25(16)29/h11-13,15,27,30H,1-10,14H2. The number of hydrogen-bond donors (Lipinski definition) is 2. The normalized spacial score (nSPS) is 21.6. The van der Waals surface area contributed by atoms with Gasteiger partial charge in [0.1, 0.15) is 11.6 Å². The van der Waals surface area contributed by atoms with Crippen molar-refractivity contribution in [2.24, 2.45) is 5.92 Å². The molecule has 3 aliphatic heterocycles. The third-order valence-electron chi connectivity index (χ3n) is 7.28. The fourth-order valence-corrected chi connectivity index (χ4v) is 5.49. The summed E-state index contributed by atoms with van der Waals surface area (Å²) in [5, 5.41) is 18.5. The molecule has 7 heteroatoms. The molecule has 168 valence electrons. The average molecular weight is 438 g/mol. The molecular formula is C25H28FN3O3. The maximum absolute atomic E-state index is 13.3. The number of carbonyl (C=O) groups excluding carboxylic acids is 2. The van der Waals surface area contributed by atoms with Crippen LogP contribution in [0, 0.1) is 11.3 Å². The molecule has 32 heavy (non-hydrogen) atoms. The van der Waals surface area contributed by atoms with Crippen LogP contribution in [0.2, 0.25) is 0 Å². The lowest BCUT2D eigenvalue weighted by molar-refractivity contribution is -0.118. The maximum Gasteiger partial charge on any atom is 0.227 e. The summed E-state index contributed by atoms with van der Waals surface area (Å²) in [6.07, 6.45) is 5.26. The van der Waals surface area contributed by atoms with E-state index in [0.29, 0.717) is 43.6 Å². The second kappa shape index (κ2) is 8.28. The fourth-order valence-electron chi connectivity index (χ4n) is 5.49. The maximum atomic E-state index is 13.3. The number of ketones is 1. The Morgan fingerprint density at radius 2 is 1.78 bits per heavy atom. The van der Waals surface area contributed by atoms with E-state index in [4.69, 9.17) is 5.41 Å². The molecule has 0 spiro atoms. The molecule has 0 bridgehead atoms. The fraction of sp³-hybridized carbons (Fsp3) is 0.480. The second-order valence-electron chi connectivity index (χ2n) is 9.28. The molecule has 4 aliphatic rings. The van der Waals surface area contributed by atoms with Gasteiger partial charge >= 0.3 is 0 Å². The Morgan fingerprint density at radius 3 is 2.50 bits per heavy atom. The number of carbonyl (C=O) groups is 2. The zero-order valence-corrected chi connectivity index (χ0v) is 18.1. The zero-order valence-electron chi connectivity index (χ0n) is 18.1. The van der Waals surface area contributed by atoms with Crippen LogP contribution in [0.5, 0.6) is 0 Å². The molecule has 6 nitrogen and oxygen atoms in total. The monoisotopic (exact) mass is 437 g/mol. The molecule has 0 radical (unpaired) electrons. The highest BCUT2D eigenvalue weighted by atomic mass is 19.1. The van der Waals surface area contributed by atoms with Gasteiger partial charge in [0.05, 0.1) is 12.2 Å². The molecule has 1 amide bonds. The van der Waals surface area contributed by atoms with E-state index >= 15 is 0 Å². The lowest BCUT2D eigenvalue weighted by Gasteiger charge is -2.32. The first-order chi connectivity index (χ1) is 15.4. The molecule has 0 saturated carbocycles. The number of nitrogens with one attached hydrogen (secondary N) is 1. The first-order valence-corrected chi connectivity index (χ1v) is 11.5. The zero-order chi connectivity index (χ0) is 22.4. The number of aliphatic hydroxyl groups excluding tert-OH is 1.